The van der Waals surface area contributed by atoms with Gasteiger partial charge in [-0.1, -0.05) is 0 Å². The molecule has 0 amide bonds. The molecule has 1 unspecified atom stereocenters. The first-order valence-electron chi connectivity index (χ1n) is 6.09. The Bertz CT molecular complexity index is 505. The molecule has 1 atom stereocenters. The fraction of sp³-hybridized carbons (Fsp3) is 0.800. The molecule has 2 heterocycles. The van der Waals surface area contributed by atoms with Crippen LogP contribution in [0.25, 0.3) is 0 Å². The summed E-state index contributed by atoms with van der Waals surface area (Å²) in [5.41, 5.74) is 0. The zero-order chi connectivity index (χ0) is 13.2. The van der Waals surface area contributed by atoms with E-state index in [0.717, 1.165) is 25.9 Å². The molecule has 18 heavy (non-hydrogen) atoms. The third-order valence-corrected chi connectivity index (χ3v) is 3.86. The predicted octanol–water partition coefficient (Wildman–Crippen LogP) is 0.0570. The molecule has 0 aliphatic carbocycles. The summed E-state index contributed by atoms with van der Waals surface area (Å²) < 4.78 is 29.8. The number of rotatable bonds is 4. The van der Waals surface area contributed by atoms with Crippen molar-refractivity contribution in [3.63, 3.8) is 0 Å². The van der Waals surface area contributed by atoms with Crippen molar-refractivity contribution in [3.05, 3.63) is 5.82 Å². The second kappa shape index (κ2) is 5.33. The van der Waals surface area contributed by atoms with Gasteiger partial charge in [0.05, 0.1) is 6.10 Å². The summed E-state index contributed by atoms with van der Waals surface area (Å²) in [6.07, 6.45) is 3.87. The second-order valence-electron chi connectivity index (χ2n) is 4.38. The molecule has 1 aliphatic heterocycles. The van der Waals surface area contributed by atoms with Crippen molar-refractivity contribution in [3.8, 4) is 0 Å². The number of nitrogens with zero attached hydrogens (tertiary/aromatic N) is 3. The normalized spacial score (nSPS) is 21.1. The molecule has 7 nitrogen and oxygen atoms in total. The Kier molecular flexibility index (Phi) is 3.98. The summed E-state index contributed by atoms with van der Waals surface area (Å²) in [5.74, 6) is 0.619. The Morgan fingerprint density at radius 2 is 2.22 bits per heavy atom. The number of aromatic nitrogens is 3. The van der Waals surface area contributed by atoms with Gasteiger partial charge in [-0.15, -0.1) is 10.2 Å². The van der Waals surface area contributed by atoms with Crippen molar-refractivity contribution in [2.24, 2.45) is 5.14 Å². The van der Waals surface area contributed by atoms with Gasteiger partial charge in [-0.2, -0.15) is 0 Å². The molecule has 2 rings (SSSR count). The van der Waals surface area contributed by atoms with Crippen LogP contribution in [-0.4, -0.2) is 35.9 Å². The van der Waals surface area contributed by atoms with Gasteiger partial charge < -0.3 is 9.30 Å². The van der Waals surface area contributed by atoms with E-state index in [1.807, 2.05) is 6.92 Å². The number of ether oxygens (including phenoxy) is 1. The first-order valence-corrected chi connectivity index (χ1v) is 7.63. The molecule has 8 heteroatoms. The Labute approximate surface area is 106 Å². The quantitative estimate of drug-likeness (QED) is 0.836. The van der Waals surface area contributed by atoms with Gasteiger partial charge in [0.15, 0.2) is 0 Å². The summed E-state index contributed by atoms with van der Waals surface area (Å²) >= 11 is 0. The van der Waals surface area contributed by atoms with E-state index in [-0.39, 0.29) is 11.3 Å². The topological polar surface area (TPSA) is 100 Å². The lowest BCUT2D eigenvalue weighted by Crippen LogP contribution is -2.24. The van der Waals surface area contributed by atoms with Crippen LogP contribution in [0.15, 0.2) is 5.16 Å². The Hall–Kier alpha value is -0.990. The van der Waals surface area contributed by atoms with Crippen LogP contribution in [-0.2, 0) is 27.7 Å². The van der Waals surface area contributed by atoms with Crippen molar-refractivity contribution in [2.45, 2.75) is 50.4 Å². The van der Waals surface area contributed by atoms with Crippen molar-refractivity contribution >= 4 is 10.0 Å². The maximum absolute atomic E-state index is 11.3. The Balaban J connectivity index is 2.20. The minimum atomic E-state index is -3.82. The number of hydrogen-bond donors (Lipinski definition) is 1. The van der Waals surface area contributed by atoms with Gasteiger partial charge in [0.25, 0.3) is 15.2 Å². The van der Waals surface area contributed by atoms with E-state index < -0.39 is 10.0 Å². The maximum atomic E-state index is 11.3. The third-order valence-electron chi connectivity index (χ3n) is 3.05. The zero-order valence-corrected chi connectivity index (χ0v) is 11.2. The summed E-state index contributed by atoms with van der Waals surface area (Å²) in [5, 5.41) is 12.5. The van der Waals surface area contributed by atoms with Crippen LogP contribution in [0, 0.1) is 0 Å². The summed E-state index contributed by atoms with van der Waals surface area (Å²) in [7, 11) is -3.82. The molecular weight excluding hydrogens is 256 g/mol. The second-order valence-corrected chi connectivity index (χ2v) is 5.84. The molecular formula is C10H18N4O3S. The number of primary sulfonamides is 1. The number of hydrogen-bond acceptors (Lipinski definition) is 5. The molecule has 1 aromatic rings. The molecule has 1 fully saturated rings. The smallest absolute Gasteiger partial charge is 0.273 e. The first-order chi connectivity index (χ1) is 8.52. The van der Waals surface area contributed by atoms with Crippen LogP contribution < -0.4 is 5.14 Å². The highest BCUT2D eigenvalue weighted by atomic mass is 32.2. The van der Waals surface area contributed by atoms with E-state index in [2.05, 4.69) is 10.2 Å². The van der Waals surface area contributed by atoms with Crippen LogP contribution in [0.4, 0.5) is 0 Å². The lowest BCUT2D eigenvalue weighted by molar-refractivity contribution is 0.0150. The summed E-state index contributed by atoms with van der Waals surface area (Å²) in [4.78, 5) is 0. The highest BCUT2D eigenvalue weighted by Gasteiger charge is 2.23. The minimum Gasteiger partial charge on any atom is -0.378 e. The van der Waals surface area contributed by atoms with E-state index in [4.69, 9.17) is 9.88 Å². The monoisotopic (exact) mass is 274 g/mol. The van der Waals surface area contributed by atoms with Gasteiger partial charge in [-0.3, -0.25) is 0 Å². The molecule has 1 saturated heterocycles. The molecule has 2 N–H and O–H groups in total. The van der Waals surface area contributed by atoms with Gasteiger partial charge in [0, 0.05) is 19.6 Å². The van der Waals surface area contributed by atoms with Crippen molar-refractivity contribution in [1.82, 2.24) is 14.8 Å². The summed E-state index contributed by atoms with van der Waals surface area (Å²) in [6.45, 7) is 3.07. The average Bonchev–Trinajstić information content (AvgIpc) is 2.73. The maximum Gasteiger partial charge on any atom is 0.273 e. The van der Waals surface area contributed by atoms with Crippen LogP contribution in [0.1, 0.15) is 32.0 Å². The van der Waals surface area contributed by atoms with Crippen LogP contribution >= 0.6 is 0 Å². The highest BCUT2D eigenvalue weighted by Crippen LogP contribution is 2.17. The predicted molar refractivity (Wildman–Crippen MR) is 64.4 cm³/mol. The van der Waals surface area contributed by atoms with Crippen LogP contribution in [0.2, 0.25) is 0 Å². The van der Waals surface area contributed by atoms with Crippen molar-refractivity contribution in [2.75, 3.05) is 6.61 Å². The molecule has 0 spiro atoms. The first kappa shape index (κ1) is 13.4. The van der Waals surface area contributed by atoms with Gasteiger partial charge in [-0.25, -0.2) is 13.6 Å². The zero-order valence-electron chi connectivity index (χ0n) is 10.4. The van der Waals surface area contributed by atoms with Gasteiger partial charge in [0.1, 0.15) is 5.82 Å². The number of nitrogens with two attached hydrogens (primary N) is 1. The molecule has 1 aliphatic rings. The Morgan fingerprint density at radius 3 is 2.78 bits per heavy atom. The minimum absolute atomic E-state index is 0.0987. The van der Waals surface area contributed by atoms with E-state index in [0.29, 0.717) is 18.8 Å². The molecule has 0 aromatic carbocycles. The third kappa shape index (κ3) is 2.88. The lowest BCUT2D eigenvalue weighted by atomic mass is 10.1. The molecule has 0 saturated carbocycles. The fourth-order valence-corrected chi connectivity index (χ4v) is 2.87. The van der Waals surface area contributed by atoms with E-state index in [1.54, 1.807) is 0 Å². The van der Waals surface area contributed by atoms with E-state index >= 15 is 0 Å². The summed E-state index contributed by atoms with van der Waals surface area (Å²) in [6, 6.07) is 0. The SMILES string of the molecule is CCn1c(CC2CCCCO2)nnc1S(N)(=O)=O. The molecule has 0 bridgehead atoms. The number of sulfonamides is 1. The largest absolute Gasteiger partial charge is 0.378 e. The Morgan fingerprint density at radius 1 is 1.44 bits per heavy atom. The van der Waals surface area contributed by atoms with Crippen LogP contribution in [0.3, 0.4) is 0 Å². The molecule has 102 valence electrons. The van der Waals surface area contributed by atoms with Gasteiger partial charge in [-0.05, 0) is 26.2 Å². The average molecular weight is 274 g/mol. The fourth-order valence-electron chi connectivity index (χ4n) is 2.17. The van der Waals surface area contributed by atoms with E-state index in [1.165, 1.54) is 4.57 Å². The molecule has 1 aromatic heterocycles. The lowest BCUT2D eigenvalue weighted by Gasteiger charge is -2.22. The van der Waals surface area contributed by atoms with Crippen molar-refractivity contribution in [1.29, 1.82) is 0 Å². The molecule has 0 radical (unpaired) electrons. The standard InChI is InChI=1S/C10H18N4O3S/c1-2-14-9(7-8-5-3-4-6-17-8)12-13-10(14)18(11,15)16/h8H,2-7H2,1H3,(H2,11,15,16). The van der Waals surface area contributed by atoms with Crippen LogP contribution in [0.5, 0.6) is 0 Å². The van der Waals surface area contributed by atoms with Gasteiger partial charge in [0.2, 0.25) is 0 Å². The van der Waals surface area contributed by atoms with E-state index in [9.17, 15) is 8.42 Å². The van der Waals surface area contributed by atoms with Crippen molar-refractivity contribution < 1.29 is 13.2 Å². The van der Waals surface area contributed by atoms with Gasteiger partial charge >= 0.3 is 0 Å². The highest BCUT2D eigenvalue weighted by molar-refractivity contribution is 7.89.